The van der Waals surface area contributed by atoms with E-state index < -0.39 is 0 Å². The number of nitriles is 2. The van der Waals surface area contributed by atoms with Crippen LogP contribution in [0.15, 0.2) is 24.0 Å². The van der Waals surface area contributed by atoms with Gasteiger partial charge in [-0.05, 0) is 24.1 Å². The van der Waals surface area contributed by atoms with Crippen LogP contribution in [0.3, 0.4) is 0 Å². The van der Waals surface area contributed by atoms with Crippen molar-refractivity contribution in [2.24, 2.45) is 0 Å². The smallest absolute Gasteiger partial charge is 0.130 e. The van der Waals surface area contributed by atoms with Crippen molar-refractivity contribution in [1.29, 1.82) is 10.5 Å². The summed E-state index contributed by atoms with van der Waals surface area (Å²) in [4.78, 5) is 0. The van der Waals surface area contributed by atoms with E-state index in [1.54, 1.807) is 6.08 Å². The summed E-state index contributed by atoms with van der Waals surface area (Å²) in [5.74, 6) is 0. The van der Waals surface area contributed by atoms with Gasteiger partial charge >= 0.3 is 0 Å². The summed E-state index contributed by atoms with van der Waals surface area (Å²) in [7, 11) is 0. The van der Waals surface area contributed by atoms with Gasteiger partial charge in [-0.2, -0.15) is 10.5 Å². The number of nitrogens with zero attached hydrogens (tertiary/aromatic N) is 3. The zero-order valence-corrected chi connectivity index (χ0v) is 8.07. The fourth-order valence-corrected chi connectivity index (χ4v) is 1.20. The molecule has 0 atom stereocenters. The Bertz CT molecular complexity index is 396. The van der Waals surface area contributed by atoms with Gasteiger partial charge in [-0.25, -0.2) is 0 Å². The van der Waals surface area contributed by atoms with E-state index in [4.69, 9.17) is 10.5 Å². The quantitative estimate of drug-likeness (QED) is 0.678. The second-order valence-electron chi connectivity index (χ2n) is 2.96. The lowest BCUT2D eigenvalue weighted by molar-refractivity contribution is 0.683. The van der Waals surface area contributed by atoms with Gasteiger partial charge < -0.3 is 4.57 Å². The van der Waals surface area contributed by atoms with Gasteiger partial charge in [-0.1, -0.05) is 6.92 Å². The maximum Gasteiger partial charge on any atom is 0.130 e. The van der Waals surface area contributed by atoms with Gasteiger partial charge in [0.1, 0.15) is 17.7 Å². The van der Waals surface area contributed by atoms with E-state index in [0.29, 0.717) is 0 Å². The van der Waals surface area contributed by atoms with E-state index in [1.807, 2.05) is 35.2 Å². The van der Waals surface area contributed by atoms with Crippen molar-refractivity contribution in [2.75, 3.05) is 0 Å². The van der Waals surface area contributed by atoms with Crippen molar-refractivity contribution >= 4 is 6.08 Å². The third-order valence-electron chi connectivity index (χ3n) is 1.81. The van der Waals surface area contributed by atoms with Gasteiger partial charge in [0.15, 0.2) is 0 Å². The Morgan fingerprint density at radius 3 is 2.79 bits per heavy atom. The number of aryl methyl sites for hydroxylation is 1. The van der Waals surface area contributed by atoms with Gasteiger partial charge in [0.2, 0.25) is 0 Å². The Kier molecular flexibility index (Phi) is 3.52. The topological polar surface area (TPSA) is 52.5 Å². The summed E-state index contributed by atoms with van der Waals surface area (Å²) in [6, 6.07) is 5.56. The summed E-state index contributed by atoms with van der Waals surface area (Å²) < 4.78 is 2.04. The monoisotopic (exact) mass is 185 g/mol. The second-order valence-corrected chi connectivity index (χ2v) is 2.96. The third-order valence-corrected chi connectivity index (χ3v) is 1.81. The van der Waals surface area contributed by atoms with E-state index in [0.717, 1.165) is 18.5 Å². The normalized spacial score (nSPS) is 8.79. The van der Waals surface area contributed by atoms with Crippen LogP contribution in [0.5, 0.6) is 0 Å². The standard InChI is InChI=1S/C11H11N3/c1-2-4-14-5-3-10(9-14)6-11(7-12)8-13/h3,5-6,9H,2,4H2,1H3. The van der Waals surface area contributed by atoms with Crippen molar-refractivity contribution in [3.8, 4) is 12.1 Å². The Labute approximate surface area is 83.5 Å². The van der Waals surface area contributed by atoms with Crippen LogP contribution in [-0.2, 0) is 6.54 Å². The molecule has 3 heteroatoms. The molecule has 70 valence electrons. The Morgan fingerprint density at radius 1 is 1.50 bits per heavy atom. The second kappa shape index (κ2) is 4.89. The molecule has 0 radical (unpaired) electrons. The largest absolute Gasteiger partial charge is 0.354 e. The first-order valence-electron chi connectivity index (χ1n) is 4.47. The predicted octanol–water partition coefficient (Wildman–Crippen LogP) is 2.33. The van der Waals surface area contributed by atoms with Crippen LogP contribution in [0.2, 0.25) is 0 Å². The van der Waals surface area contributed by atoms with Crippen LogP contribution in [0.1, 0.15) is 18.9 Å². The molecule has 0 amide bonds. The molecular formula is C11H11N3. The van der Waals surface area contributed by atoms with Gasteiger partial charge in [-0.3, -0.25) is 0 Å². The molecule has 1 rings (SSSR count). The highest BCUT2D eigenvalue weighted by Gasteiger charge is 1.96. The lowest BCUT2D eigenvalue weighted by atomic mass is 10.2. The molecule has 0 saturated carbocycles. The molecule has 0 aliphatic rings. The van der Waals surface area contributed by atoms with Gasteiger partial charge in [-0.15, -0.1) is 0 Å². The molecule has 0 aliphatic heterocycles. The van der Waals surface area contributed by atoms with Gasteiger partial charge in [0.25, 0.3) is 0 Å². The first-order valence-corrected chi connectivity index (χ1v) is 4.47. The molecule has 0 saturated heterocycles. The Hall–Kier alpha value is -2.00. The summed E-state index contributed by atoms with van der Waals surface area (Å²) in [5.41, 5.74) is 1.04. The SMILES string of the molecule is CCCn1ccc(C=C(C#N)C#N)c1. The molecule has 14 heavy (non-hydrogen) atoms. The summed E-state index contributed by atoms with van der Waals surface area (Å²) in [6.07, 6.45) is 6.53. The van der Waals surface area contributed by atoms with Crippen molar-refractivity contribution in [3.05, 3.63) is 29.6 Å². The van der Waals surface area contributed by atoms with Crippen LogP contribution in [0.25, 0.3) is 6.08 Å². The Balaban J connectivity index is 2.84. The fourth-order valence-electron chi connectivity index (χ4n) is 1.20. The molecule has 0 bridgehead atoms. The van der Waals surface area contributed by atoms with Crippen LogP contribution in [0.4, 0.5) is 0 Å². The first-order chi connectivity index (χ1) is 6.80. The number of aromatic nitrogens is 1. The number of hydrogen-bond acceptors (Lipinski definition) is 2. The van der Waals surface area contributed by atoms with E-state index in [1.165, 1.54) is 0 Å². The highest BCUT2D eigenvalue weighted by molar-refractivity contribution is 5.61. The molecule has 0 aromatic carbocycles. The average molecular weight is 185 g/mol. The zero-order chi connectivity index (χ0) is 10.4. The van der Waals surface area contributed by atoms with E-state index in [-0.39, 0.29) is 5.57 Å². The zero-order valence-electron chi connectivity index (χ0n) is 8.07. The maximum absolute atomic E-state index is 8.55. The van der Waals surface area contributed by atoms with Crippen molar-refractivity contribution in [3.63, 3.8) is 0 Å². The number of hydrogen-bond donors (Lipinski definition) is 0. The van der Waals surface area contributed by atoms with E-state index >= 15 is 0 Å². The van der Waals surface area contributed by atoms with Crippen LogP contribution >= 0.6 is 0 Å². The minimum atomic E-state index is 0.138. The van der Waals surface area contributed by atoms with Gasteiger partial charge in [0.05, 0.1) is 0 Å². The van der Waals surface area contributed by atoms with Crippen LogP contribution < -0.4 is 0 Å². The lowest BCUT2D eigenvalue weighted by Crippen LogP contribution is -1.90. The van der Waals surface area contributed by atoms with Crippen molar-refractivity contribution in [1.82, 2.24) is 4.57 Å². The molecule has 1 aromatic heterocycles. The van der Waals surface area contributed by atoms with E-state index in [2.05, 4.69) is 6.92 Å². The highest BCUT2D eigenvalue weighted by Crippen LogP contribution is 2.07. The van der Waals surface area contributed by atoms with Crippen LogP contribution in [-0.4, -0.2) is 4.57 Å². The fraction of sp³-hybridized carbons (Fsp3) is 0.273. The summed E-state index contributed by atoms with van der Waals surface area (Å²) in [6.45, 7) is 3.06. The van der Waals surface area contributed by atoms with E-state index in [9.17, 15) is 0 Å². The molecule has 0 N–H and O–H groups in total. The third kappa shape index (κ3) is 2.50. The Morgan fingerprint density at radius 2 is 2.21 bits per heavy atom. The molecule has 1 heterocycles. The van der Waals surface area contributed by atoms with Crippen molar-refractivity contribution in [2.45, 2.75) is 19.9 Å². The minimum absolute atomic E-state index is 0.138. The first kappa shape index (κ1) is 10.1. The maximum atomic E-state index is 8.55. The molecule has 3 nitrogen and oxygen atoms in total. The van der Waals surface area contributed by atoms with Crippen molar-refractivity contribution < 1.29 is 0 Å². The minimum Gasteiger partial charge on any atom is -0.354 e. The molecule has 1 aromatic rings. The number of rotatable bonds is 3. The lowest BCUT2D eigenvalue weighted by Gasteiger charge is -1.95. The molecule has 0 aliphatic carbocycles. The average Bonchev–Trinajstić information content (AvgIpc) is 2.63. The predicted molar refractivity (Wildman–Crippen MR) is 53.9 cm³/mol. The molecule has 0 spiro atoms. The molecule has 0 fully saturated rings. The molecule has 0 unspecified atom stereocenters. The summed E-state index contributed by atoms with van der Waals surface area (Å²) >= 11 is 0. The number of allylic oxidation sites excluding steroid dienone is 1. The highest BCUT2D eigenvalue weighted by atomic mass is 14.9. The van der Waals surface area contributed by atoms with Crippen LogP contribution in [0, 0.1) is 22.7 Å². The summed E-state index contributed by atoms with van der Waals surface area (Å²) in [5, 5.41) is 17.1. The molecular weight excluding hydrogens is 174 g/mol. The van der Waals surface area contributed by atoms with Gasteiger partial charge in [0, 0.05) is 18.9 Å².